The zero-order valence-electron chi connectivity index (χ0n) is 10.3. The highest BCUT2D eigenvalue weighted by Crippen LogP contribution is 2.24. The minimum absolute atomic E-state index is 0.433. The van der Waals surface area contributed by atoms with Crippen molar-refractivity contribution < 1.29 is 15.1 Å². The van der Waals surface area contributed by atoms with Crippen LogP contribution >= 0.6 is 0 Å². The van der Waals surface area contributed by atoms with E-state index in [0.29, 0.717) is 6.42 Å². The number of nitrogens with zero attached hydrogens (tertiary/aromatic N) is 1. The Morgan fingerprint density at radius 3 is 2.29 bits per heavy atom. The lowest BCUT2D eigenvalue weighted by Crippen LogP contribution is -2.25. The molecule has 0 aromatic heterocycles. The second-order valence-corrected chi connectivity index (χ2v) is 4.57. The number of aliphatic hydroxyl groups is 2. The van der Waals surface area contributed by atoms with Gasteiger partial charge in [0.15, 0.2) is 12.4 Å². The summed E-state index contributed by atoms with van der Waals surface area (Å²) in [6.07, 6.45) is -1.70. The predicted molar refractivity (Wildman–Crippen MR) is 64.9 cm³/mol. The maximum absolute atomic E-state index is 9.06. The lowest BCUT2D eigenvalue weighted by molar-refractivity contribution is -0.134. The maximum Gasteiger partial charge on any atom is 0.192 e. The molecule has 0 amide bonds. The van der Waals surface area contributed by atoms with E-state index in [-0.39, 0.29) is 0 Å². The molecule has 4 nitrogen and oxygen atoms in total. The zero-order chi connectivity index (χ0) is 12.6. The molecule has 1 heterocycles. The van der Waals surface area contributed by atoms with Gasteiger partial charge in [0.1, 0.15) is 0 Å². The minimum Gasteiger partial charge on any atom is -0.386 e. The highest BCUT2D eigenvalue weighted by atomic mass is 16.7. The Labute approximate surface area is 101 Å². The van der Waals surface area contributed by atoms with E-state index in [1.54, 1.807) is 0 Å². The predicted octanol–water partition coefficient (Wildman–Crippen LogP) is 1.42. The molecule has 0 aliphatic carbocycles. The van der Waals surface area contributed by atoms with Crippen LogP contribution in [0.15, 0.2) is 17.3 Å². The standard InChI is InChI=1S/C13H17NO3/c1-7-4-8(2)12(9(3)5-7)10-6-11(13(15)16)17-14-10/h4-5,11,13,15-16H,6H2,1-3H3/t11-/m1/s1. The van der Waals surface area contributed by atoms with Gasteiger partial charge in [-0.2, -0.15) is 0 Å². The Morgan fingerprint density at radius 2 is 1.82 bits per heavy atom. The van der Waals surface area contributed by atoms with Gasteiger partial charge in [0.25, 0.3) is 0 Å². The normalized spacial score (nSPS) is 19.4. The summed E-state index contributed by atoms with van der Waals surface area (Å²) in [7, 11) is 0. The lowest BCUT2D eigenvalue weighted by Gasteiger charge is -2.11. The molecular weight excluding hydrogens is 218 g/mol. The second-order valence-electron chi connectivity index (χ2n) is 4.57. The largest absolute Gasteiger partial charge is 0.386 e. The van der Waals surface area contributed by atoms with Crippen molar-refractivity contribution in [1.82, 2.24) is 0 Å². The molecule has 1 aliphatic rings. The summed E-state index contributed by atoms with van der Waals surface area (Å²) in [6, 6.07) is 4.18. The van der Waals surface area contributed by atoms with Gasteiger partial charge in [-0.1, -0.05) is 22.9 Å². The summed E-state index contributed by atoms with van der Waals surface area (Å²) >= 11 is 0. The molecule has 1 aliphatic heterocycles. The summed E-state index contributed by atoms with van der Waals surface area (Å²) in [5.74, 6) is 0. The van der Waals surface area contributed by atoms with Gasteiger partial charge in [-0.3, -0.25) is 0 Å². The highest BCUT2D eigenvalue weighted by Gasteiger charge is 2.28. The Bertz CT molecular complexity index is 443. The molecule has 92 valence electrons. The zero-order valence-corrected chi connectivity index (χ0v) is 10.3. The van der Waals surface area contributed by atoms with Gasteiger partial charge in [0, 0.05) is 12.0 Å². The van der Waals surface area contributed by atoms with E-state index in [2.05, 4.69) is 24.2 Å². The first-order valence-electron chi connectivity index (χ1n) is 5.66. The Hall–Kier alpha value is -1.39. The number of rotatable bonds is 2. The van der Waals surface area contributed by atoms with Gasteiger partial charge in [0.05, 0.1) is 5.71 Å². The number of hydrogen-bond acceptors (Lipinski definition) is 4. The van der Waals surface area contributed by atoms with Gasteiger partial charge in [-0.15, -0.1) is 0 Å². The summed E-state index contributed by atoms with van der Waals surface area (Å²) in [5, 5.41) is 22.1. The Morgan fingerprint density at radius 1 is 1.24 bits per heavy atom. The Kier molecular flexibility index (Phi) is 3.17. The maximum atomic E-state index is 9.06. The van der Waals surface area contributed by atoms with Crippen LogP contribution in [0, 0.1) is 20.8 Å². The van der Waals surface area contributed by atoms with Crippen molar-refractivity contribution in [3.05, 3.63) is 34.4 Å². The van der Waals surface area contributed by atoms with E-state index in [9.17, 15) is 0 Å². The average Bonchev–Trinajstić information content (AvgIpc) is 2.65. The fourth-order valence-corrected chi connectivity index (χ4v) is 2.34. The molecule has 0 spiro atoms. The van der Waals surface area contributed by atoms with Crippen LogP contribution in [-0.2, 0) is 4.84 Å². The van der Waals surface area contributed by atoms with Gasteiger partial charge in [-0.25, -0.2) is 0 Å². The summed E-state index contributed by atoms with van der Waals surface area (Å²) in [5.41, 5.74) is 5.33. The van der Waals surface area contributed by atoms with Crippen molar-refractivity contribution in [3.63, 3.8) is 0 Å². The molecule has 0 fully saturated rings. The number of hydrogen-bond donors (Lipinski definition) is 2. The SMILES string of the molecule is Cc1cc(C)c(C2=NO[C@@H](C(O)O)C2)c(C)c1. The van der Waals surface area contributed by atoms with Crippen molar-refractivity contribution in [3.8, 4) is 0 Å². The fraction of sp³-hybridized carbons (Fsp3) is 0.462. The van der Waals surface area contributed by atoms with Crippen LogP contribution in [0.5, 0.6) is 0 Å². The van der Waals surface area contributed by atoms with Gasteiger partial charge in [0.2, 0.25) is 0 Å². The number of aliphatic hydroxyl groups excluding tert-OH is 1. The molecule has 0 radical (unpaired) electrons. The van der Waals surface area contributed by atoms with Crippen LogP contribution < -0.4 is 0 Å². The van der Waals surface area contributed by atoms with Crippen molar-refractivity contribution in [2.75, 3.05) is 0 Å². The van der Waals surface area contributed by atoms with E-state index in [1.165, 1.54) is 5.56 Å². The third kappa shape index (κ3) is 2.33. The second kappa shape index (κ2) is 4.47. The summed E-state index contributed by atoms with van der Waals surface area (Å²) in [6.45, 7) is 6.11. The van der Waals surface area contributed by atoms with Gasteiger partial charge < -0.3 is 15.1 Å². The average molecular weight is 235 g/mol. The monoisotopic (exact) mass is 235 g/mol. The molecule has 17 heavy (non-hydrogen) atoms. The van der Waals surface area contributed by atoms with E-state index in [4.69, 9.17) is 15.1 Å². The first-order valence-corrected chi connectivity index (χ1v) is 5.66. The van der Waals surface area contributed by atoms with Crippen LogP contribution in [0.4, 0.5) is 0 Å². The van der Waals surface area contributed by atoms with E-state index in [0.717, 1.165) is 22.4 Å². The fourth-order valence-electron chi connectivity index (χ4n) is 2.34. The third-order valence-electron chi connectivity index (χ3n) is 2.99. The van der Waals surface area contributed by atoms with Crippen LogP contribution in [0.25, 0.3) is 0 Å². The molecule has 0 saturated heterocycles. The summed E-state index contributed by atoms with van der Waals surface area (Å²) in [4.78, 5) is 5.01. The number of benzene rings is 1. The smallest absolute Gasteiger partial charge is 0.192 e. The molecule has 4 heteroatoms. The molecular formula is C13H17NO3. The molecule has 2 rings (SSSR count). The molecule has 1 atom stereocenters. The lowest BCUT2D eigenvalue weighted by atomic mass is 9.94. The van der Waals surface area contributed by atoms with Crippen molar-refractivity contribution in [1.29, 1.82) is 0 Å². The van der Waals surface area contributed by atoms with Gasteiger partial charge in [-0.05, 0) is 31.9 Å². The minimum atomic E-state index is -1.48. The first kappa shape index (κ1) is 12.1. The summed E-state index contributed by atoms with van der Waals surface area (Å²) < 4.78 is 0. The van der Waals surface area contributed by atoms with Crippen LogP contribution in [0.1, 0.15) is 28.7 Å². The van der Waals surface area contributed by atoms with Crippen LogP contribution in [0.3, 0.4) is 0 Å². The number of aryl methyl sites for hydroxylation is 3. The molecule has 0 saturated carbocycles. The van der Waals surface area contributed by atoms with E-state index >= 15 is 0 Å². The third-order valence-corrected chi connectivity index (χ3v) is 2.99. The molecule has 0 unspecified atom stereocenters. The van der Waals surface area contributed by atoms with Crippen molar-refractivity contribution in [2.24, 2.45) is 5.16 Å². The van der Waals surface area contributed by atoms with Crippen LogP contribution in [-0.4, -0.2) is 28.3 Å². The van der Waals surface area contributed by atoms with Crippen LogP contribution in [0.2, 0.25) is 0 Å². The first-order chi connectivity index (χ1) is 7.99. The highest BCUT2D eigenvalue weighted by molar-refractivity contribution is 6.03. The topological polar surface area (TPSA) is 62.0 Å². The van der Waals surface area contributed by atoms with Crippen molar-refractivity contribution >= 4 is 5.71 Å². The number of oxime groups is 1. The van der Waals surface area contributed by atoms with E-state index in [1.807, 2.05) is 13.8 Å². The van der Waals surface area contributed by atoms with E-state index < -0.39 is 12.4 Å². The molecule has 2 N–H and O–H groups in total. The molecule has 0 bridgehead atoms. The quantitative estimate of drug-likeness (QED) is 0.762. The molecule has 1 aromatic carbocycles. The Balaban J connectivity index is 2.31. The van der Waals surface area contributed by atoms with Crippen molar-refractivity contribution in [2.45, 2.75) is 39.6 Å². The molecule has 1 aromatic rings. The van der Waals surface area contributed by atoms with Gasteiger partial charge >= 0.3 is 0 Å².